The molecule has 1 aliphatic rings. The summed E-state index contributed by atoms with van der Waals surface area (Å²) in [5, 5.41) is 12.2. The first-order valence-electron chi connectivity index (χ1n) is 6.06. The molecule has 0 bridgehead atoms. The lowest BCUT2D eigenvalue weighted by molar-refractivity contribution is -0.142. The standard InChI is InChI=1S/C13H15FN2O3/c14-8-4-3-5-9(10(8)11(15)17)16-13(12(18)19)6-1-2-7-13/h3-5,16H,1-2,6-7H2,(H2,15,17)(H,18,19). The summed E-state index contributed by atoms with van der Waals surface area (Å²) in [6.45, 7) is 0. The van der Waals surface area contributed by atoms with Crippen LogP contribution in [0.3, 0.4) is 0 Å². The second-order valence-corrected chi connectivity index (χ2v) is 4.75. The molecule has 1 aromatic rings. The number of anilines is 1. The highest BCUT2D eigenvalue weighted by atomic mass is 19.1. The minimum absolute atomic E-state index is 0.136. The summed E-state index contributed by atoms with van der Waals surface area (Å²) in [7, 11) is 0. The summed E-state index contributed by atoms with van der Waals surface area (Å²) in [4.78, 5) is 22.7. The van der Waals surface area contributed by atoms with Gasteiger partial charge in [0.25, 0.3) is 5.91 Å². The van der Waals surface area contributed by atoms with Gasteiger partial charge < -0.3 is 16.2 Å². The van der Waals surface area contributed by atoms with Crippen LogP contribution in [0.15, 0.2) is 18.2 Å². The number of rotatable bonds is 4. The molecule has 0 radical (unpaired) electrons. The number of halogens is 1. The van der Waals surface area contributed by atoms with Crippen molar-refractivity contribution in [3.63, 3.8) is 0 Å². The fourth-order valence-corrected chi connectivity index (χ4v) is 2.51. The number of carboxylic acids is 1. The van der Waals surface area contributed by atoms with Crippen molar-refractivity contribution >= 4 is 17.6 Å². The predicted molar refractivity (Wildman–Crippen MR) is 67.4 cm³/mol. The van der Waals surface area contributed by atoms with Crippen LogP contribution in [0.25, 0.3) is 0 Å². The van der Waals surface area contributed by atoms with Gasteiger partial charge in [0.15, 0.2) is 0 Å². The Balaban J connectivity index is 2.40. The lowest BCUT2D eigenvalue weighted by Gasteiger charge is -2.27. The van der Waals surface area contributed by atoms with E-state index in [1.165, 1.54) is 12.1 Å². The van der Waals surface area contributed by atoms with Crippen LogP contribution >= 0.6 is 0 Å². The van der Waals surface area contributed by atoms with Crippen LogP contribution in [0, 0.1) is 5.82 Å². The van der Waals surface area contributed by atoms with Gasteiger partial charge in [-0.15, -0.1) is 0 Å². The molecule has 0 aromatic heterocycles. The molecule has 102 valence electrons. The molecule has 1 aliphatic carbocycles. The molecule has 19 heavy (non-hydrogen) atoms. The van der Waals surface area contributed by atoms with Crippen molar-refractivity contribution in [2.24, 2.45) is 5.73 Å². The molecule has 4 N–H and O–H groups in total. The normalized spacial score (nSPS) is 17.1. The smallest absolute Gasteiger partial charge is 0.329 e. The van der Waals surface area contributed by atoms with Gasteiger partial charge in [0.05, 0.1) is 11.3 Å². The maximum Gasteiger partial charge on any atom is 0.329 e. The second-order valence-electron chi connectivity index (χ2n) is 4.75. The first-order valence-corrected chi connectivity index (χ1v) is 6.06. The maximum absolute atomic E-state index is 13.6. The Morgan fingerprint density at radius 2 is 1.95 bits per heavy atom. The molecule has 6 heteroatoms. The molecule has 1 aromatic carbocycles. The molecule has 0 heterocycles. The number of hydrogen-bond donors (Lipinski definition) is 3. The van der Waals surface area contributed by atoms with E-state index in [1.54, 1.807) is 0 Å². The zero-order valence-electron chi connectivity index (χ0n) is 10.3. The lowest BCUT2D eigenvalue weighted by Crippen LogP contribution is -2.44. The van der Waals surface area contributed by atoms with Crippen LogP contribution in [0.5, 0.6) is 0 Å². The molecule has 0 unspecified atom stereocenters. The van der Waals surface area contributed by atoms with E-state index >= 15 is 0 Å². The van der Waals surface area contributed by atoms with Crippen LogP contribution in [-0.4, -0.2) is 22.5 Å². The number of benzene rings is 1. The highest BCUT2D eigenvalue weighted by Crippen LogP contribution is 2.34. The average molecular weight is 266 g/mol. The second kappa shape index (κ2) is 4.87. The van der Waals surface area contributed by atoms with Crippen molar-refractivity contribution in [2.75, 3.05) is 5.32 Å². The number of carbonyl (C=O) groups is 2. The maximum atomic E-state index is 13.6. The summed E-state index contributed by atoms with van der Waals surface area (Å²) < 4.78 is 13.6. The van der Waals surface area contributed by atoms with E-state index in [4.69, 9.17) is 5.73 Å². The number of nitrogens with two attached hydrogens (primary N) is 1. The van der Waals surface area contributed by atoms with Gasteiger partial charge in [0.2, 0.25) is 0 Å². The van der Waals surface area contributed by atoms with Crippen molar-refractivity contribution in [3.8, 4) is 0 Å². The number of amides is 1. The van der Waals surface area contributed by atoms with E-state index < -0.39 is 23.2 Å². The summed E-state index contributed by atoms with van der Waals surface area (Å²) in [5.41, 5.74) is 3.84. The van der Waals surface area contributed by atoms with Crippen molar-refractivity contribution < 1.29 is 19.1 Å². The first kappa shape index (κ1) is 13.3. The van der Waals surface area contributed by atoms with Gasteiger partial charge in [-0.3, -0.25) is 4.79 Å². The number of carbonyl (C=O) groups excluding carboxylic acids is 1. The van der Waals surface area contributed by atoms with Crippen molar-refractivity contribution in [1.82, 2.24) is 0 Å². The van der Waals surface area contributed by atoms with E-state index in [1.807, 2.05) is 0 Å². The fraction of sp³-hybridized carbons (Fsp3) is 0.385. The number of primary amides is 1. The molecule has 0 aliphatic heterocycles. The number of carboxylic acid groups (broad SMARTS) is 1. The van der Waals surface area contributed by atoms with Gasteiger partial charge in [-0.05, 0) is 25.0 Å². The Bertz CT molecular complexity index is 525. The van der Waals surface area contributed by atoms with Crippen molar-refractivity contribution in [3.05, 3.63) is 29.6 Å². The third kappa shape index (κ3) is 2.38. The number of hydrogen-bond acceptors (Lipinski definition) is 3. The van der Waals surface area contributed by atoms with Gasteiger partial charge in [-0.1, -0.05) is 18.9 Å². The summed E-state index contributed by atoms with van der Waals surface area (Å²) in [5.74, 6) is -2.67. The SMILES string of the molecule is NC(=O)c1c(F)cccc1NC1(C(=O)O)CCCC1. The minimum Gasteiger partial charge on any atom is -0.480 e. The summed E-state index contributed by atoms with van der Waals surface area (Å²) >= 11 is 0. The molecule has 2 rings (SSSR count). The van der Waals surface area contributed by atoms with Crippen LogP contribution in [0.2, 0.25) is 0 Å². The molecule has 1 fully saturated rings. The first-order chi connectivity index (χ1) is 8.96. The van der Waals surface area contributed by atoms with Gasteiger partial charge in [-0.25, -0.2) is 9.18 Å². The molecule has 1 saturated carbocycles. The molecule has 0 atom stereocenters. The Morgan fingerprint density at radius 1 is 1.32 bits per heavy atom. The van der Waals surface area contributed by atoms with Crippen LogP contribution in [0.1, 0.15) is 36.0 Å². The predicted octanol–water partition coefficient (Wildman–Crippen LogP) is 1.73. The highest BCUT2D eigenvalue weighted by molar-refractivity contribution is 5.99. The van der Waals surface area contributed by atoms with Gasteiger partial charge in [-0.2, -0.15) is 0 Å². The van der Waals surface area contributed by atoms with Gasteiger partial charge >= 0.3 is 5.97 Å². The van der Waals surface area contributed by atoms with Crippen molar-refractivity contribution in [1.29, 1.82) is 0 Å². The fourth-order valence-electron chi connectivity index (χ4n) is 2.51. The van der Waals surface area contributed by atoms with E-state index in [0.717, 1.165) is 18.9 Å². The van der Waals surface area contributed by atoms with E-state index in [0.29, 0.717) is 12.8 Å². The Hall–Kier alpha value is -2.11. The zero-order valence-corrected chi connectivity index (χ0v) is 10.3. The lowest BCUT2D eigenvalue weighted by atomic mass is 9.96. The van der Waals surface area contributed by atoms with E-state index in [-0.39, 0.29) is 11.3 Å². The Kier molecular flexibility index (Phi) is 3.42. The number of nitrogens with one attached hydrogen (secondary N) is 1. The Labute approximate surface area is 109 Å². The van der Waals surface area contributed by atoms with Crippen LogP contribution in [-0.2, 0) is 4.79 Å². The Morgan fingerprint density at radius 3 is 2.47 bits per heavy atom. The molecular weight excluding hydrogens is 251 g/mol. The quantitative estimate of drug-likeness (QED) is 0.773. The van der Waals surface area contributed by atoms with Crippen molar-refractivity contribution in [2.45, 2.75) is 31.2 Å². The summed E-state index contributed by atoms with van der Waals surface area (Å²) in [6, 6.07) is 3.99. The topological polar surface area (TPSA) is 92.4 Å². The van der Waals surface area contributed by atoms with Crippen LogP contribution in [0.4, 0.5) is 10.1 Å². The zero-order chi connectivity index (χ0) is 14.0. The highest BCUT2D eigenvalue weighted by Gasteiger charge is 2.41. The minimum atomic E-state index is -1.14. The summed E-state index contributed by atoms with van der Waals surface area (Å²) in [6.07, 6.45) is 2.44. The van der Waals surface area contributed by atoms with Crippen LogP contribution < -0.4 is 11.1 Å². The molecule has 5 nitrogen and oxygen atoms in total. The average Bonchev–Trinajstić information content (AvgIpc) is 2.78. The van der Waals surface area contributed by atoms with Gasteiger partial charge in [0.1, 0.15) is 11.4 Å². The number of aliphatic carboxylic acids is 1. The largest absolute Gasteiger partial charge is 0.480 e. The van der Waals surface area contributed by atoms with Gasteiger partial charge in [0, 0.05) is 0 Å². The molecule has 1 amide bonds. The molecule has 0 saturated heterocycles. The van der Waals surface area contributed by atoms with E-state index in [9.17, 15) is 19.1 Å². The third-order valence-electron chi connectivity index (χ3n) is 3.50. The molecular formula is C13H15FN2O3. The monoisotopic (exact) mass is 266 g/mol. The van der Waals surface area contributed by atoms with E-state index in [2.05, 4.69) is 5.32 Å². The molecule has 0 spiro atoms. The third-order valence-corrected chi connectivity index (χ3v) is 3.50.